The number of esters is 1. The molecule has 0 aliphatic carbocycles. The third-order valence-corrected chi connectivity index (χ3v) is 2.30. The van der Waals surface area contributed by atoms with Gasteiger partial charge in [0.15, 0.2) is 0 Å². The zero-order chi connectivity index (χ0) is 12.7. The van der Waals surface area contributed by atoms with E-state index in [1.807, 2.05) is 6.92 Å². The molecular weight excluding hydrogens is 221 g/mol. The average Bonchev–Trinajstić information content (AvgIpc) is 2.31. The van der Waals surface area contributed by atoms with Crippen LogP contribution in [0.2, 0.25) is 0 Å². The molecule has 0 radical (unpaired) electrons. The summed E-state index contributed by atoms with van der Waals surface area (Å²) in [6, 6.07) is 6.31. The summed E-state index contributed by atoms with van der Waals surface area (Å²) in [5.74, 6) is -0.430. The van der Waals surface area contributed by atoms with Crippen LogP contribution < -0.4 is 5.32 Å². The van der Waals surface area contributed by atoms with Crippen LogP contribution in [0.3, 0.4) is 0 Å². The number of carbonyl (C=O) groups is 1. The van der Waals surface area contributed by atoms with Crippen molar-refractivity contribution in [3.63, 3.8) is 0 Å². The quantitative estimate of drug-likeness (QED) is 0.774. The van der Waals surface area contributed by atoms with Crippen molar-refractivity contribution in [1.29, 1.82) is 0 Å². The number of hydrogen-bond acceptors (Lipinski definition) is 3. The Labute approximate surface area is 101 Å². The van der Waals surface area contributed by atoms with Gasteiger partial charge in [0.05, 0.1) is 0 Å². The molecule has 0 fully saturated rings. The molecule has 1 rings (SSSR count). The Bertz CT molecular complexity index is 351. The summed E-state index contributed by atoms with van der Waals surface area (Å²) in [7, 11) is 0. The van der Waals surface area contributed by atoms with Gasteiger partial charge in [-0.25, -0.2) is 4.39 Å². The molecule has 0 heterocycles. The van der Waals surface area contributed by atoms with Crippen molar-refractivity contribution in [3.05, 3.63) is 35.6 Å². The van der Waals surface area contributed by atoms with Crippen molar-refractivity contribution in [3.8, 4) is 0 Å². The summed E-state index contributed by atoms with van der Waals surface area (Å²) in [4.78, 5) is 11.0. The zero-order valence-corrected chi connectivity index (χ0v) is 10.2. The van der Waals surface area contributed by atoms with Gasteiger partial charge in [-0.05, 0) is 24.6 Å². The number of halogens is 1. The summed E-state index contributed by atoms with van der Waals surface area (Å²) in [6.45, 7) is 4.82. The number of benzene rings is 1. The van der Waals surface area contributed by atoms with E-state index in [1.54, 1.807) is 19.1 Å². The number of rotatable bonds is 6. The van der Waals surface area contributed by atoms with E-state index in [1.165, 1.54) is 12.1 Å². The minimum absolute atomic E-state index is 0.150. The first-order valence-corrected chi connectivity index (χ1v) is 5.76. The van der Waals surface area contributed by atoms with Gasteiger partial charge in [0.25, 0.3) is 0 Å². The first kappa shape index (κ1) is 13.6. The lowest BCUT2D eigenvalue weighted by Crippen LogP contribution is -2.28. The van der Waals surface area contributed by atoms with Crippen LogP contribution in [-0.2, 0) is 16.1 Å². The summed E-state index contributed by atoms with van der Waals surface area (Å²) in [6.07, 6.45) is 0.241. The molecule has 0 bridgehead atoms. The van der Waals surface area contributed by atoms with E-state index in [2.05, 4.69) is 5.32 Å². The summed E-state index contributed by atoms with van der Waals surface area (Å²) in [5, 5.41) is 3.15. The normalized spacial score (nSPS) is 12.2. The van der Waals surface area contributed by atoms with Gasteiger partial charge in [-0.15, -0.1) is 0 Å². The van der Waals surface area contributed by atoms with E-state index in [4.69, 9.17) is 4.74 Å². The van der Waals surface area contributed by atoms with Crippen LogP contribution in [-0.4, -0.2) is 18.6 Å². The van der Waals surface area contributed by atoms with Crippen LogP contribution in [0.4, 0.5) is 4.39 Å². The Balaban J connectivity index is 2.23. The summed E-state index contributed by atoms with van der Waals surface area (Å²) < 4.78 is 17.7. The topological polar surface area (TPSA) is 38.3 Å². The van der Waals surface area contributed by atoms with Crippen LogP contribution in [0.5, 0.6) is 0 Å². The van der Waals surface area contributed by atoms with Crippen molar-refractivity contribution in [2.75, 3.05) is 6.54 Å². The lowest BCUT2D eigenvalue weighted by atomic mass is 10.2. The van der Waals surface area contributed by atoms with Gasteiger partial charge >= 0.3 is 5.97 Å². The van der Waals surface area contributed by atoms with Crippen LogP contribution in [0.25, 0.3) is 0 Å². The van der Waals surface area contributed by atoms with E-state index < -0.39 is 0 Å². The Hall–Kier alpha value is -1.42. The van der Waals surface area contributed by atoms with E-state index >= 15 is 0 Å². The standard InChI is InChI=1S/C13H18FNO2/c1-3-13(16)17-10(2)8-15-9-11-4-6-12(14)7-5-11/h4-7,10,15H,3,8-9H2,1-2H3. The van der Waals surface area contributed by atoms with E-state index in [0.717, 1.165) is 5.56 Å². The van der Waals surface area contributed by atoms with Gasteiger partial charge < -0.3 is 10.1 Å². The molecule has 0 spiro atoms. The molecule has 4 heteroatoms. The van der Waals surface area contributed by atoms with Crippen molar-refractivity contribution in [2.24, 2.45) is 0 Å². The Morgan fingerprint density at radius 1 is 1.41 bits per heavy atom. The van der Waals surface area contributed by atoms with Crippen molar-refractivity contribution >= 4 is 5.97 Å². The second-order valence-corrected chi connectivity index (χ2v) is 3.91. The highest BCUT2D eigenvalue weighted by Gasteiger charge is 2.06. The lowest BCUT2D eigenvalue weighted by Gasteiger charge is -2.13. The monoisotopic (exact) mass is 239 g/mol. The van der Waals surface area contributed by atoms with Crippen LogP contribution in [0.15, 0.2) is 24.3 Å². The molecule has 1 aromatic carbocycles. The van der Waals surface area contributed by atoms with Crippen molar-refractivity contribution in [1.82, 2.24) is 5.32 Å². The Kier molecular flexibility index (Phi) is 5.63. The molecular formula is C13H18FNO2. The molecule has 0 saturated heterocycles. The molecule has 17 heavy (non-hydrogen) atoms. The Morgan fingerprint density at radius 2 is 2.06 bits per heavy atom. The van der Waals surface area contributed by atoms with Crippen LogP contribution >= 0.6 is 0 Å². The largest absolute Gasteiger partial charge is 0.461 e. The fourth-order valence-electron chi connectivity index (χ4n) is 1.37. The molecule has 3 nitrogen and oxygen atoms in total. The number of carbonyl (C=O) groups excluding carboxylic acids is 1. The maximum absolute atomic E-state index is 12.6. The molecule has 94 valence electrons. The first-order valence-electron chi connectivity index (χ1n) is 5.76. The van der Waals surface area contributed by atoms with Crippen molar-refractivity contribution < 1.29 is 13.9 Å². The fourth-order valence-corrected chi connectivity index (χ4v) is 1.37. The van der Waals surface area contributed by atoms with Crippen LogP contribution in [0, 0.1) is 5.82 Å². The Morgan fingerprint density at radius 3 is 2.65 bits per heavy atom. The number of ether oxygens (including phenoxy) is 1. The van der Waals surface area contributed by atoms with E-state index in [9.17, 15) is 9.18 Å². The first-order chi connectivity index (χ1) is 8.11. The number of hydrogen-bond donors (Lipinski definition) is 1. The maximum Gasteiger partial charge on any atom is 0.305 e. The highest BCUT2D eigenvalue weighted by molar-refractivity contribution is 5.69. The second kappa shape index (κ2) is 7.01. The molecule has 1 unspecified atom stereocenters. The SMILES string of the molecule is CCC(=O)OC(C)CNCc1ccc(F)cc1. The van der Waals surface area contributed by atoms with Gasteiger partial charge in [0, 0.05) is 19.5 Å². The molecule has 1 aromatic rings. The molecule has 0 aliphatic rings. The van der Waals surface area contributed by atoms with Crippen LogP contribution in [0.1, 0.15) is 25.8 Å². The van der Waals surface area contributed by atoms with Crippen molar-refractivity contribution in [2.45, 2.75) is 32.9 Å². The predicted molar refractivity (Wildman–Crippen MR) is 64.0 cm³/mol. The highest BCUT2D eigenvalue weighted by atomic mass is 19.1. The molecule has 1 atom stereocenters. The molecule has 0 aromatic heterocycles. The zero-order valence-electron chi connectivity index (χ0n) is 10.2. The smallest absolute Gasteiger partial charge is 0.305 e. The maximum atomic E-state index is 12.6. The van der Waals surface area contributed by atoms with E-state index in [-0.39, 0.29) is 17.9 Å². The van der Waals surface area contributed by atoms with Gasteiger partial charge in [-0.3, -0.25) is 4.79 Å². The van der Waals surface area contributed by atoms with Gasteiger partial charge in [0.2, 0.25) is 0 Å². The number of nitrogens with one attached hydrogen (secondary N) is 1. The predicted octanol–water partition coefficient (Wildman–Crippen LogP) is 2.26. The van der Waals surface area contributed by atoms with Gasteiger partial charge in [-0.2, -0.15) is 0 Å². The molecule has 0 saturated carbocycles. The van der Waals surface area contributed by atoms with Gasteiger partial charge in [0.1, 0.15) is 11.9 Å². The van der Waals surface area contributed by atoms with Gasteiger partial charge in [-0.1, -0.05) is 19.1 Å². The average molecular weight is 239 g/mol. The fraction of sp³-hybridized carbons (Fsp3) is 0.462. The highest BCUT2D eigenvalue weighted by Crippen LogP contribution is 2.02. The second-order valence-electron chi connectivity index (χ2n) is 3.91. The molecule has 0 amide bonds. The summed E-state index contributed by atoms with van der Waals surface area (Å²) in [5.41, 5.74) is 1.00. The third-order valence-electron chi connectivity index (χ3n) is 2.30. The molecule has 1 N–H and O–H groups in total. The molecule has 0 aliphatic heterocycles. The third kappa shape index (κ3) is 5.45. The van der Waals surface area contributed by atoms with E-state index in [0.29, 0.717) is 19.5 Å². The lowest BCUT2D eigenvalue weighted by molar-refractivity contribution is -0.147. The minimum atomic E-state index is -0.237. The minimum Gasteiger partial charge on any atom is -0.461 e. The summed E-state index contributed by atoms with van der Waals surface area (Å²) >= 11 is 0.